The largest absolute Gasteiger partial charge is 0.311 e. The van der Waals surface area contributed by atoms with E-state index in [1.165, 1.54) is 9.13 Å². The standard InChI is InChI=1S/C92H79BN4/c1-90(2,3)58-64-50-75(62-34-18-12-19-35-62)83(56-73(64)60-30-14-10-15-31-60)96-85-54-67(94-79-42-26-22-38-69(79)70-39-23-27-43-80(70)94)46-48-77(85)93-78-49-47-68(95-81-44-28-24-40-71(81)72-41-25-29-45-82(72)95)55-86(78)97(88-53-66(92(7,8)9)52-87(96)89(88)93)84-57-74(61-32-16-11-17-33-61)65(59-91(4,5)6)51-76(84)63-36-20-13-21-37-63/h10-57H,58-59H2,1-9H3/i22D,23D,24D,25D,26D,27D,28D,29D,38D,39D,40D,41D,42D,43D,44D,45D,58D2,59D2. The number of nitrogens with zero attached hydrogens (tertiary/aromatic N) is 4. The van der Waals surface area contributed by atoms with Gasteiger partial charge in [-0.1, -0.05) is 268 Å². The van der Waals surface area contributed by atoms with Crippen LogP contribution in [0.3, 0.4) is 0 Å². The fraction of sp³-hybridized carbons (Fsp3) is 0.152. The zero-order valence-corrected chi connectivity index (χ0v) is 55.3. The van der Waals surface area contributed by atoms with Gasteiger partial charge in [0, 0.05) is 72.3 Å². The molecule has 4 nitrogen and oxygen atoms in total. The maximum Gasteiger partial charge on any atom is 0.252 e. The number of aromatic nitrogens is 2. The van der Waals surface area contributed by atoms with E-state index in [9.17, 15) is 21.9 Å². The maximum atomic E-state index is 10.3. The van der Waals surface area contributed by atoms with Crippen molar-refractivity contribution < 1.29 is 27.4 Å². The lowest BCUT2D eigenvalue weighted by molar-refractivity contribution is 0.411. The number of hydrogen-bond donors (Lipinski definition) is 0. The van der Waals surface area contributed by atoms with Crippen LogP contribution in [0.2, 0.25) is 0 Å². The number of hydrogen-bond acceptors (Lipinski definition) is 2. The average molecular weight is 1270 g/mol. The van der Waals surface area contributed by atoms with Crippen molar-refractivity contribution in [1.29, 1.82) is 0 Å². The molecule has 0 atom stereocenters. The quantitative estimate of drug-likeness (QED) is 0.127. The molecule has 0 unspecified atom stereocenters. The van der Waals surface area contributed by atoms with Crippen molar-refractivity contribution in [2.24, 2.45) is 10.8 Å². The lowest BCUT2D eigenvalue weighted by Crippen LogP contribution is -2.61. The van der Waals surface area contributed by atoms with Crippen molar-refractivity contribution >= 4 is 101 Å². The van der Waals surface area contributed by atoms with E-state index in [1.807, 2.05) is 211 Å². The number of fused-ring (bicyclic) bond motifs is 10. The molecule has 0 N–H and O–H groups in total. The summed E-state index contributed by atoms with van der Waals surface area (Å²) < 4.78 is 195. The van der Waals surface area contributed by atoms with E-state index in [-0.39, 0.29) is 55.0 Å². The van der Waals surface area contributed by atoms with E-state index in [4.69, 9.17) is 5.48 Å². The topological polar surface area (TPSA) is 16.3 Å². The van der Waals surface area contributed by atoms with Crippen molar-refractivity contribution in [2.75, 3.05) is 9.80 Å². The van der Waals surface area contributed by atoms with E-state index in [0.29, 0.717) is 101 Å². The van der Waals surface area contributed by atoms with Crippen molar-refractivity contribution in [3.63, 3.8) is 0 Å². The Bertz CT molecular complexity index is 6230. The smallest absolute Gasteiger partial charge is 0.252 e. The van der Waals surface area contributed by atoms with E-state index < -0.39 is 132 Å². The molecule has 2 aliphatic heterocycles. The van der Waals surface area contributed by atoms with Gasteiger partial charge in [0.25, 0.3) is 6.71 Å². The van der Waals surface area contributed by atoms with Crippen LogP contribution in [0.4, 0.5) is 34.1 Å². The third-order valence-electron chi connectivity index (χ3n) is 18.6. The van der Waals surface area contributed by atoms with Crippen LogP contribution in [0, 0.1) is 10.8 Å². The zero-order chi connectivity index (χ0) is 83.6. The highest BCUT2D eigenvalue weighted by Gasteiger charge is 2.46. The predicted octanol–water partition coefficient (Wildman–Crippen LogP) is 23.1. The van der Waals surface area contributed by atoms with Crippen LogP contribution in [-0.2, 0) is 18.2 Å². The van der Waals surface area contributed by atoms with E-state index in [1.54, 1.807) is 12.1 Å². The molecular weight excluding hydrogens is 1170 g/mol. The Labute approximate surface area is 599 Å². The van der Waals surface area contributed by atoms with Crippen LogP contribution in [0.25, 0.3) is 99.5 Å². The summed E-state index contributed by atoms with van der Waals surface area (Å²) >= 11 is 0. The predicted molar refractivity (Wildman–Crippen MR) is 416 cm³/mol. The third-order valence-corrected chi connectivity index (χ3v) is 18.6. The molecule has 0 aliphatic carbocycles. The molecule has 0 fully saturated rings. The minimum Gasteiger partial charge on any atom is -0.311 e. The van der Waals surface area contributed by atoms with Crippen LogP contribution in [0.1, 0.15) is 106 Å². The first kappa shape index (κ1) is 41.8. The van der Waals surface area contributed by atoms with E-state index >= 15 is 0 Å². The van der Waals surface area contributed by atoms with Gasteiger partial charge in [0.2, 0.25) is 0 Å². The molecule has 2 aromatic heterocycles. The van der Waals surface area contributed by atoms with Crippen LogP contribution in [0.15, 0.2) is 291 Å². The van der Waals surface area contributed by atoms with Crippen LogP contribution >= 0.6 is 0 Å². The first-order valence-corrected chi connectivity index (χ1v) is 32.9. The van der Waals surface area contributed by atoms with Gasteiger partial charge in [0.05, 0.1) is 55.4 Å². The normalized spacial score (nSPS) is 16.2. The number of anilines is 6. The van der Waals surface area contributed by atoms with Gasteiger partial charge in [0.1, 0.15) is 0 Å². The highest BCUT2D eigenvalue weighted by Crippen LogP contribution is 2.53. The third kappa shape index (κ3) is 10.3. The molecule has 4 heterocycles. The molecule has 0 saturated heterocycles. The fourth-order valence-electron chi connectivity index (χ4n) is 14.5. The lowest BCUT2D eigenvalue weighted by atomic mass is 9.33. The van der Waals surface area contributed by atoms with Crippen LogP contribution < -0.4 is 26.2 Å². The Kier molecular flexibility index (Phi) is 9.89. The van der Waals surface area contributed by atoms with Crippen molar-refractivity contribution in [3.05, 3.63) is 307 Å². The summed E-state index contributed by atoms with van der Waals surface area (Å²) in [6, 6.07) is 53.3. The molecule has 2 aliphatic rings. The van der Waals surface area contributed by atoms with Gasteiger partial charge < -0.3 is 18.9 Å². The van der Waals surface area contributed by atoms with Crippen molar-refractivity contribution in [3.8, 4) is 55.9 Å². The minimum atomic E-state index is -2.01. The molecule has 0 saturated carbocycles. The van der Waals surface area contributed by atoms with Gasteiger partial charge >= 0.3 is 0 Å². The minimum absolute atomic E-state index is 0.107. The molecule has 0 amide bonds. The SMILES string of the molecule is [2H]c1c([2H])c([2H])c2c(c1[2H])c1c([2H])c([2H])c([2H])c([2H])c1n2-c1ccc2c(c1)N(c1cc(-c3ccccc3)c(C([2H])([2H])C(C)(C)C)cc1-c1ccccc1)c1cc(C(C)(C)C)cc3c1B2c1ccc(-n2c4c([2H])c([2H])c([2H])c([2H])c4c4c([2H])c([2H])c([2H])c([2H])c42)cc1N3c1cc(-c2ccccc2)c(C([2H])([2H])C(C)(C)C)cc1-c1ccccc1. The maximum absolute atomic E-state index is 10.3. The highest BCUT2D eigenvalue weighted by atomic mass is 15.2. The number of para-hydroxylation sites is 4. The Morgan fingerprint density at radius 1 is 0.330 bits per heavy atom. The Hall–Kier alpha value is -10.9. The Balaban J connectivity index is 1.11. The summed E-state index contributed by atoms with van der Waals surface area (Å²) in [5.41, 5.74) is 9.38. The molecular formula is C92H79BN4. The molecule has 0 radical (unpaired) electrons. The summed E-state index contributed by atoms with van der Waals surface area (Å²) in [6.07, 6.45) is -4.03. The molecule has 0 bridgehead atoms. The van der Waals surface area contributed by atoms with Crippen molar-refractivity contribution in [2.45, 2.75) is 80.5 Å². The second kappa shape index (κ2) is 22.9. The van der Waals surface area contributed by atoms with Gasteiger partial charge in [0.15, 0.2) is 0 Å². The summed E-state index contributed by atoms with van der Waals surface area (Å²) in [7, 11) is 0. The zero-order valence-electron chi connectivity index (χ0n) is 75.3. The van der Waals surface area contributed by atoms with Gasteiger partial charge in [-0.2, -0.15) is 0 Å². The second-order valence-corrected chi connectivity index (χ2v) is 28.4. The second-order valence-electron chi connectivity index (χ2n) is 28.4. The van der Waals surface area contributed by atoms with Crippen LogP contribution in [0.5, 0.6) is 0 Å². The molecule has 97 heavy (non-hydrogen) atoms. The number of benzene rings is 13. The van der Waals surface area contributed by atoms with Gasteiger partial charge in [-0.15, -0.1) is 0 Å². The summed E-state index contributed by atoms with van der Waals surface area (Å²) in [5, 5.41) is -0.484. The van der Waals surface area contributed by atoms with Crippen molar-refractivity contribution in [1.82, 2.24) is 9.13 Å². The van der Waals surface area contributed by atoms with Crippen LogP contribution in [-0.4, -0.2) is 15.8 Å². The summed E-state index contributed by atoms with van der Waals surface area (Å²) in [6.45, 7) is 16.7. The summed E-state index contributed by atoms with van der Waals surface area (Å²) in [5.74, 6) is 0. The highest BCUT2D eigenvalue weighted by molar-refractivity contribution is 7.00. The average Bonchev–Trinajstić information content (AvgIpc) is 1.67. The van der Waals surface area contributed by atoms with E-state index in [2.05, 4.69) is 42.7 Å². The lowest BCUT2D eigenvalue weighted by Gasteiger charge is -2.46. The first-order chi connectivity index (χ1) is 55.2. The molecule has 470 valence electrons. The fourth-order valence-corrected chi connectivity index (χ4v) is 14.5. The van der Waals surface area contributed by atoms with Gasteiger partial charge in [-0.3, -0.25) is 0 Å². The monoisotopic (exact) mass is 1270 g/mol. The van der Waals surface area contributed by atoms with Gasteiger partial charge in [-0.25, -0.2) is 0 Å². The molecule has 17 rings (SSSR count). The number of rotatable bonds is 10. The molecule has 13 aromatic carbocycles. The molecule has 5 heteroatoms. The Morgan fingerprint density at radius 3 is 0.969 bits per heavy atom. The summed E-state index contributed by atoms with van der Waals surface area (Å²) in [4.78, 5) is 4.33. The molecule has 15 aromatic rings. The first-order valence-electron chi connectivity index (χ1n) is 42.9. The van der Waals surface area contributed by atoms with E-state index in [0.717, 1.165) is 11.0 Å². The Morgan fingerprint density at radius 2 is 0.649 bits per heavy atom. The molecule has 0 spiro atoms. The van der Waals surface area contributed by atoms with Gasteiger partial charge in [-0.05, 0) is 180 Å².